The van der Waals surface area contributed by atoms with Gasteiger partial charge in [0.15, 0.2) is 6.04 Å². The van der Waals surface area contributed by atoms with Crippen molar-refractivity contribution >= 4 is 23.4 Å². The van der Waals surface area contributed by atoms with E-state index in [0.717, 1.165) is 19.3 Å². The van der Waals surface area contributed by atoms with E-state index >= 15 is 0 Å². The van der Waals surface area contributed by atoms with Gasteiger partial charge in [0, 0.05) is 18.8 Å². The lowest BCUT2D eigenvalue weighted by Crippen LogP contribution is -2.50. The van der Waals surface area contributed by atoms with E-state index in [1.54, 1.807) is 26.0 Å². The first-order valence-electron chi connectivity index (χ1n) is 11.8. The number of nitrogens with one attached hydrogen (secondary N) is 1. The van der Waals surface area contributed by atoms with Crippen molar-refractivity contribution in [2.24, 2.45) is 22.7 Å². The van der Waals surface area contributed by atoms with Crippen molar-refractivity contribution in [3.8, 4) is 0 Å². The van der Waals surface area contributed by atoms with Crippen molar-refractivity contribution in [3.05, 3.63) is 35.9 Å². The van der Waals surface area contributed by atoms with Crippen LogP contribution in [0.2, 0.25) is 0 Å². The lowest BCUT2D eigenvalue weighted by atomic mass is 9.50. The molecule has 0 saturated heterocycles. The van der Waals surface area contributed by atoms with Crippen molar-refractivity contribution in [1.29, 1.82) is 0 Å². The minimum absolute atomic E-state index is 0.0676. The van der Waals surface area contributed by atoms with Gasteiger partial charge in [0.05, 0.1) is 7.11 Å². The van der Waals surface area contributed by atoms with E-state index in [-0.39, 0.29) is 41.1 Å². The molecule has 1 N–H and O–H groups in total. The lowest BCUT2D eigenvalue weighted by Gasteiger charge is -2.54. The largest absolute Gasteiger partial charge is 0.467 e. The van der Waals surface area contributed by atoms with Crippen LogP contribution in [0.25, 0.3) is 0 Å². The number of ketones is 2. The first-order chi connectivity index (χ1) is 15.4. The van der Waals surface area contributed by atoms with E-state index in [4.69, 9.17) is 4.74 Å². The highest BCUT2D eigenvalue weighted by Gasteiger charge is 2.52. The Bertz CT molecular complexity index is 863. The van der Waals surface area contributed by atoms with Gasteiger partial charge in [-0.2, -0.15) is 0 Å². The summed E-state index contributed by atoms with van der Waals surface area (Å²) in [6, 6.07) is 8.14. The molecule has 182 valence electrons. The summed E-state index contributed by atoms with van der Waals surface area (Å²) in [6.45, 7) is 9.55. The second kappa shape index (κ2) is 11.1. The SMILES string of the molecule is COC(=O)[C@H](NC(=O)C[C@@H]1C(C)(C)CCC[C@@]1(C)[C@H](CCC(C)=O)C(C)=O)c1ccccc1. The monoisotopic (exact) mass is 457 g/mol. The first-order valence-corrected chi connectivity index (χ1v) is 11.8. The minimum Gasteiger partial charge on any atom is -0.467 e. The summed E-state index contributed by atoms with van der Waals surface area (Å²) in [5, 5.41) is 2.87. The fourth-order valence-electron chi connectivity index (χ4n) is 5.88. The molecule has 1 aromatic carbocycles. The van der Waals surface area contributed by atoms with Gasteiger partial charge in [-0.25, -0.2) is 4.79 Å². The normalized spacial score (nSPS) is 23.8. The maximum absolute atomic E-state index is 13.3. The summed E-state index contributed by atoms with van der Waals surface area (Å²) in [5.74, 6) is -0.993. The fourth-order valence-corrected chi connectivity index (χ4v) is 5.88. The molecule has 1 aliphatic rings. The van der Waals surface area contributed by atoms with E-state index < -0.39 is 17.4 Å². The predicted octanol–water partition coefficient (Wildman–Crippen LogP) is 4.81. The van der Waals surface area contributed by atoms with Crippen LogP contribution in [0, 0.1) is 22.7 Å². The van der Waals surface area contributed by atoms with Crippen molar-refractivity contribution in [3.63, 3.8) is 0 Å². The molecule has 2 rings (SSSR count). The Morgan fingerprint density at radius 1 is 1.06 bits per heavy atom. The van der Waals surface area contributed by atoms with Crippen LogP contribution in [0.5, 0.6) is 0 Å². The average molecular weight is 458 g/mol. The second-order valence-electron chi connectivity index (χ2n) is 10.4. The summed E-state index contributed by atoms with van der Waals surface area (Å²) in [5.41, 5.74) is 0.0850. The number of amides is 1. The molecule has 1 aliphatic carbocycles. The predicted molar refractivity (Wildman–Crippen MR) is 127 cm³/mol. The molecule has 1 fully saturated rings. The zero-order valence-corrected chi connectivity index (χ0v) is 20.9. The topological polar surface area (TPSA) is 89.5 Å². The lowest BCUT2D eigenvalue weighted by molar-refractivity contribution is -0.146. The number of ether oxygens (including phenoxy) is 1. The van der Waals surface area contributed by atoms with Crippen LogP contribution >= 0.6 is 0 Å². The van der Waals surface area contributed by atoms with Crippen LogP contribution in [0.4, 0.5) is 0 Å². The number of benzene rings is 1. The maximum atomic E-state index is 13.3. The highest BCUT2D eigenvalue weighted by molar-refractivity contribution is 5.86. The van der Waals surface area contributed by atoms with E-state index in [1.807, 2.05) is 18.2 Å². The molecule has 6 heteroatoms. The molecule has 0 aliphatic heterocycles. The van der Waals surface area contributed by atoms with Crippen molar-refractivity contribution in [2.45, 2.75) is 79.2 Å². The molecule has 33 heavy (non-hydrogen) atoms. The van der Waals surface area contributed by atoms with Crippen LogP contribution in [0.15, 0.2) is 30.3 Å². The van der Waals surface area contributed by atoms with Gasteiger partial charge in [-0.3, -0.25) is 9.59 Å². The number of Topliss-reactive ketones (excluding diaryl/α,β-unsaturated/α-hetero) is 2. The minimum atomic E-state index is -0.886. The van der Waals surface area contributed by atoms with Crippen LogP contribution in [0.3, 0.4) is 0 Å². The van der Waals surface area contributed by atoms with E-state index in [1.165, 1.54) is 7.11 Å². The molecule has 0 heterocycles. The number of esters is 1. The van der Waals surface area contributed by atoms with Crippen molar-refractivity contribution in [2.75, 3.05) is 7.11 Å². The van der Waals surface area contributed by atoms with E-state index in [9.17, 15) is 19.2 Å². The quantitative estimate of drug-likeness (QED) is 0.509. The third kappa shape index (κ3) is 6.52. The Hall–Kier alpha value is -2.50. The molecule has 1 aromatic rings. The molecule has 1 amide bonds. The zero-order chi connectivity index (χ0) is 24.8. The molecule has 0 bridgehead atoms. The average Bonchev–Trinajstić information content (AvgIpc) is 2.74. The Balaban J connectivity index is 2.32. The fraction of sp³-hybridized carbons (Fsp3) is 0.630. The third-order valence-corrected chi connectivity index (χ3v) is 7.61. The number of carbonyl (C=O) groups excluding carboxylic acids is 4. The van der Waals surface area contributed by atoms with Crippen molar-refractivity contribution in [1.82, 2.24) is 5.32 Å². The van der Waals surface area contributed by atoms with Gasteiger partial charge in [-0.1, -0.05) is 57.5 Å². The van der Waals surface area contributed by atoms with E-state index in [0.29, 0.717) is 18.4 Å². The smallest absolute Gasteiger partial charge is 0.333 e. The Morgan fingerprint density at radius 2 is 1.70 bits per heavy atom. The van der Waals surface area contributed by atoms with Gasteiger partial charge < -0.3 is 14.8 Å². The highest BCUT2D eigenvalue weighted by Crippen LogP contribution is 2.57. The number of hydrogen-bond acceptors (Lipinski definition) is 5. The summed E-state index contributed by atoms with van der Waals surface area (Å²) >= 11 is 0. The number of hydrogen-bond donors (Lipinski definition) is 1. The summed E-state index contributed by atoms with van der Waals surface area (Å²) < 4.78 is 4.93. The molecular weight excluding hydrogens is 418 g/mol. The number of carbonyl (C=O) groups is 4. The zero-order valence-electron chi connectivity index (χ0n) is 20.9. The Labute approximate surface area is 197 Å². The number of rotatable bonds is 10. The molecule has 0 aromatic heterocycles. The standard InChI is InChI=1S/C27H39NO5/c1-18(29)13-14-21(19(2)30)27(5)16-10-15-26(3,4)22(27)17-23(31)28-24(25(32)33-6)20-11-8-7-9-12-20/h7-9,11-12,21-22,24H,10,13-17H2,1-6H3,(H,28,31)/t21-,22-,24-,27+/m1/s1. The van der Waals surface area contributed by atoms with Crippen LogP contribution in [-0.2, 0) is 23.9 Å². The van der Waals surface area contributed by atoms with Crippen LogP contribution in [0.1, 0.15) is 84.7 Å². The second-order valence-corrected chi connectivity index (χ2v) is 10.4. The molecule has 0 unspecified atom stereocenters. The molecular formula is C27H39NO5. The van der Waals surface area contributed by atoms with Gasteiger partial charge in [-0.05, 0) is 55.4 Å². The summed E-state index contributed by atoms with van der Waals surface area (Å²) in [7, 11) is 1.30. The number of methoxy groups -OCH3 is 1. The Kier molecular flexibility index (Phi) is 8.98. The van der Waals surface area contributed by atoms with Gasteiger partial charge in [0.25, 0.3) is 0 Å². The van der Waals surface area contributed by atoms with Gasteiger partial charge in [0.2, 0.25) is 5.91 Å². The van der Waals surface area contributed by atoms with Crippen LogP contribution < -0.4 is 5.32 Å². The highest BCUT2D eigenvalue weighted by atomic mass is 16.5. The van der Waals surface area contributed by atoms with Gasteiger partial charge in [-0.15, -0.1) is 0 Å². The maximum Gasteiger partial charge on any atom is 0.333 e. The molecule has 4 atom stereocenters. The molecule has 0 radical (unpaired) electrons. The van der Waals surface area contributed by atoms with Crippen LogP contribution in [-0.4, -0.2) is 30.6 Å². The third-order valence-electron chi connectivity index (χ3n) is 7.61. The molecule has 1 saturated carbocycles. The van der Waals surface area contributed by atoms with Gasteiger partial charge in [0.1, 0.15) is 11.6 Å². The summed E-state index contributed by atoms with van der Waals surface area (Å²) in [4.78, 5) is 50.1. The van der Waals surface area contributed by atoms with Crippen molar-refractivity contribution < 1.29 is 23.9 Å². The van der Waals surface area contributed by atoms with Gasteiger partial charge >= 0.3 is 5.97 Å². The molecule has 0 spiro atoms. The summed E-state index contributed by atoms with van der Waals surface area (Å²) in [6.07, 6.45) is 3.82. The Morgan fingerprint density at radius 3 is 2.24 bits per heavy atom. The first kappa shape index (κ1) is 26.7. The van der Waals surface area contributed by atoms with E-state index in [2.05, 4.69) is 26.1 Å². The molecule has 6 nitrogen and oxygen atoms in total.